The van der Waals surface area contributed by atoms with Crippen molar-refractivity contribution in [1.82, 2.24) is 0 Å². The molecule has 3 nitrogen and oxygen atoms in total. The molecule has 0 aliphatic carbocycles. The lowest BCUT2D eigenvalue weighted by Crippen LogP contribution is -2.21. The zero-order valence-electron chi connectivity index (χ0n) is 13.9. The Hall–Kier alpha value is -2.21. The SMILES string of the molecule is Cc1ccc(C)c(OCC(=O)Nc2cc(C(F)(F)F)ccc2Cl)c1C. The molecule has 7 heteroatoms. The van der Waals surface area contributed by atoms with Gasteiger partial charge in [0.25, 0.3) is 5.91 Å². The van der Waals surface area contributed by atoms with E-state index in [9.17, 15) is 18.0 Å². The molecular formula is C18H17ClF3NO2. The van der Waals surface area contributed by atoms with Crippen LogP contribution in [0.25, 0.3) is 0 Å². The highest BCUT2D eigenvalue weighted by Gasteiger charge is 2.31. The predicted octanol–water partition coefficient (Wildman–Crippen LogP) is 5.30. The van der Waals surface area contributed by atoms with E-state index in [-0.39, 0.29) is 17.3 Å². The van der Waals surface area contributed by atoms with Crippen LogP contribution in [0.2, 0.25) is 5.02 Å². The molecule has 0 aliphatic heterocycles. The van der Waals surface area contributed by atoms with Crippen LogP contribution in [0.5, 0.6) is 5.75 Å². The van der Waals surface area contributed by atoms with Crippen LogP contribution in [0.4, 0.5) is 18.9 Å². The second-order valence-corrected chi connectivity index (χ2v) is 6.09. The van der Waals surface area contributed by atoms with Gasteiger partial charge in [0, 0.05) is 0 Å². The Morgan fingerprint density at radius 3 is 2.40 bits per heavy atom. The van der Waals surface area contributed by atoms with Crippen molar-refractivity contribution in [1.29, 1.82) is 0 Å². The van der Waals surface area contributed by atoms with Crippen LogP contribution in [0.15, 0.2) is 30.3 Å². The van der Waals surface area contributed by atoms with E-state index in [1.165, 1.54) is 0 Å². The van der Waals surface area contributed by atoms with Crippen LogP contribution in [0.1, 0.15) is 22.3 Å². The molecule has 0 saturated heterocycles. The van der Waals surface area contributed by atoms with Crippen LogP contribution in [-0.2, 0) is 11.0 Å². The van der Waals surface area contributed by atoms with Gasteiger partial charge >= 0.3 is 6.18 Å². The van der Waals surface area contributed by atoms with E-state index < -0.39 is 17.6 Å². The first kappa shape index (κ1) is 19.1. The Bertz CT molecular complexity index is 804. The van der Waals surface area contributed by atoms with Crippen LogP contribution < -0.4 is 10.1 Å². The van der Waals surface area contributed by atoms with Crippen molar-refractivity contribution in [2.24, 2.45) is 0 Å². The minimum atomic E-state index is -4.52. The van der Waals surface area contributed by atoms with Gasteiger partial charge in [0.15, 0.2) is 6.61 Å². The average molecular weight is 372 g/mol. The summed E-state index contributed by atoms with van der Waals surface area (Å²) in [6.45, 7) is 5.31. The number of carbonyl (C=O) groups excluding carboxylic acids is 1. The second-order valence-electron chi connectivity index (χ2n) is 5.68. The van der Waals surface area contributed by atoms with Crippen molar-refractivity contribution in [2.75, 3.05) is 11.9 Å². The van der Waals surface area contributed by atoms with Crippen molar-refractivity contribution in [3.8, 4) is 5.75 Å². The molecule has 0 aliphatic rings. The molecule has 2 rings (SSSR count). The van der Waals surface area contributed by atoms with Crippen LogP contribution in [-0.4, -0.2) is 12.5 Å². The first-order valence-electron chi connectivity index (χ1n) is 7.46. The molecule has 0 fully saturated rings. The Labute approximate surface area is 148 Å². The lowest BCUT2D eigenvalue weighted by Gasteiger charge is -2.15. The van der Waals surface area contributed by atoms with E-state index in [0.717, 1.165) is 34.9 Å². The summed E-state index contributed by atoms with van der Waals surface area (Å²) in [6, 6.07) is 6.56. The van der Waals surface area contributed by atoms with Gasteiger partial charge in [-0.3, -0.25) is 4.79 Å². The Kier molecular flexibility index (Phi) is 5.62. The fourth-order valence-corrected chi connectivity index (χ4v) is 2.43. The summed E-state index contributed by atoms with van der Waals surface area (Å²) in [6.07, 6.45) is -4.52. The van der Waals surface area contributed by atoms with Crippen molar-refractivity contribution >= 4 is 23.2 Å². The highest BCUT2D eigenvalue weighted by molar-refractivity contribution is 6.33. The maximum atomic E-state index is 12.8. The molecule has 0 unspecified atom stereocenters. The summed E-state index contributed by atoms with van der Waals surface area (Å²) in [4.78, 5) is 12.0. The molecule has 2 aromatic rings. The molecule has 0 heterocycles. The molecule has 0 bridgehead atoms. The fourth-order valence-electron chi connectivity index (χ4n) is 2.27. The molecule has 0 spiro atoms. The number of benzene rings is 2. The zero-order chi connectivity index (χ0) is 18.8. The maximum absolute atomic E-state index is 12.8. The van der Waals surface area contributed by atoms with Gasteiger partial charge in [0.2, 0.25) is 0 Å². The summed E-state index contributed by atoms with van der Waals surface area (Å²) < 4.78 is 43.8. The molecule has 2 aromatic carbocycles. The highest BCUT2D eigenvalue weighted by atomic mass is 35.5. The van der Waals surface area contributed by atoms with Gasteiger partial charge in [-0.25, -0.2) is 0 Å². The molecule has 0 saturated carbocycles. The van der Waals surface area contributed by atoms with Crippen molar-refractivity contribution < 1.29 is 22.7 Å². The topological polar surface area (TPSA) is 38.3 Å². The standard InChI is InChI=1S/C18H17ClF3NO2/c1-10-4-5-11(2)17(12(10)3)25-9-16(24)23-15-8-13(18(20,21)22)6-7-14(15)19/h4-8H,9H2,1-3H3,(H,23,24). The number of hydrogen-bond acceptors (Lipinski definition) is 2. The largest absolute Gasteiger partial charge is 0.483 e. The van der Waals surface area contributed by atoms with E-state index in [1.54, 1.807) is 0 Å². The Balaban J connectivity index is 2.10. The lowest BCUT2D eigenvalue weighted by molar-refractivity contribution is -0.137. The van der Waals surface area contributed by atoms with Crippen LogP contribution in [0.3, 0.4) is 0 Å². The smallest absolute Gasteiger partial charge is 0.416 e. The van der Waals surface area contributed by atoms with Gasteiger partial charge < -0.3 is 10.1 Å². The molecular weight excluding hydrogens is 355 g/mol. The number of anilines is 1. The molecule has 0 radical (unpaired) electrons. The number of nitrogens with one attached hydrogen (secondary N) is 1. The third kappa shape index (κ3) is 4.66. The van der Waals surface area contributed by atoms with E-state index in [4.69, 9.17) is 16.3 Å². The van der Waals surface area contributed by atoms with E-state index in [0.29, 0.717) is 5.75 Å². The monoisotopic (exact) mass is 371 g/mol. The predicted molar refractivity (Wildman–Crippen MR) is 91.2 cm³/mol. The fraction of sp³-hybridized carbons (Fsp3) is 0.278. The number of carbonyl (C=O) groups is 1. The van der Waals surface area contributed by atoms with Gasteiger partial charge in [0.1, 0.15) is 5.75 Å². The summed E-state index contributed by atoms with van der Waals surface area (Å²) >= 11 is 5.86. The minimum absolute atomic E-state index is 0.0178. The van der Waals surface area contributed by atoms with Gasteiger partial charge in [-0.05, 0) is 55.7 Å². The number of rotatable bonds is 4. The summed E-state index contributed by atoms with van der Waals surface area (Å²) in [5.74, 6) is -0.00757. The van der Waals surface area contributed by atoms with Crippen molar-refractivity contribution in [2.45, 2.75) is 26.9 Å². The molecule has 1 N–H and O–H groups in total. The maximum Gasteiger partial charge on any atom is 0.416 e. The number of aryl methyl sites for hydroxylation is 2. The summed E-state index contributed by atoms with van der Waals surface area (Å²) in [5, 5.41) is 2.37. The van der Waals surface area contributed by atoms with Crippen LogP contribution >= 0.6 is 11.6 Å². The zero-order valence-corrected chi connectivity index (χ0v) is 14.7. The number of alkyl halides is 3. The molecule has 1 amide bonds. The van der Waals surface area contributed by atoms with Gasteiger partial charge in [-0.15, -0.1) is 0 Å². The molecule has 0 aromatic heterocycles. The molecule has 134 valence electrons. The Morgan fingerprint density at radius 2 is 1.76 bits per heavy atom. The van der Waals surface area contributed by atoms with Gasteiger partial charge in [0.05, 0.1) is 16.3 Å². The first-order chi connectivity index (χ1) is 11.6. The number of halogens is 4. The second kappa shape index (κ2) is 7.35. The lowest BCUT2D eigenvalue weighted by atomic mass is 10.1. The van der Waals surface area contributed by atoms with Gasteiger partial charge in [-0.1, -0.05) is 23.7 Å². The number of ether oxygens (including phenoxy) is 1. The summed E-state index contributed by atoms with van der Waals surface area (Å²) in [7, 11) is 0. The Morgan fingerprint density at radius 1 is 1.12 bits per heavy atom. The number of amides is 1. The average Bonchev–Trinajstić information content (AvgIpc) is 2.52. The van der Waals surface area contributed by atoms with Crippen molar-refractivity contribution in [3.63, 3.8) is 0 Å². The molecule has 25 heavy (non-hydrogen) atoms. The quantitative estimate of drug-likeness (QED) is 0.791. The minimum Gasteiger partial charge on any atom is -0.483 e. The first-order valence-corrected chi connectivity index (χ1v) is 7.83. The van der Waals surface area contributed by atoms with E-state index in [2.05, 4.69) is 5.32 Å². The summed E-state index contributed by atoms with van der Waals surface area (Å²) in [5.41, 5.74) is 1.79. The van der Waals surface area contributed by atoms with E-state index >= 15 is 0 Å². The highest BCUT2D eigenvalue weighted by Crippen LogP contribution is 2.34. The molecule has 0 atom stereocenters. The van der Waals surface area contributed by atoms with E-state index in [1.807, 2.05) is 32.9 Å². The third-order valence-corrected chi connectivity index (χ3v) is 4.12. The number of hydrogen-bond donors (Lipinski definition) is 1. The van der Waals surface area contributed by atoms with Crippen molar-refractivity contribution in [3.05, 3.63) is 57.6 Å². The van der Waals surface area contributed by atoms with Crippen LogP contribution in [0, 0.1) is 20.8 Å². The normalized spacial score (nSPS) is 11.3. The van der Waals surface area contributed by atoms with Gasteiger partial charge in [-0.2, -0.15) is 13.2 Å². The third-order valence-electron chi connectivity index (χ3n) is 3.79.